The van der Waals surface area contributed by atoms with Crippen molar-refractivity contribution in [1.29, 1.82) is 0 Å². The van der Waals surface area contributed by atoms with Crippen molar-refractivity contribution in [2.45, 2.75) is 77.1 Å². The van der Waals surface area contributed by atoms with Gasteiger partial charge in [-0.15, -0.1) is 0 Å². The highest BCUT2D eigenvalue weighted by Crippen LogP contribution is 2.39. The zero-order chi connectivity index (χ0) is 19.4. The summed E-state index contributed by atoms with van der Waals surface area (Å²) in [4.78, 5) is 4.00. The van der Waals surface area contributed by atoms with E-state index >= 15 is 0 Å². The van der Waals surface area contributed by atoms with E-state index in [-0.39, 0.29) is 5.69 Å². The molecule has 27 heavy (non-hydrogen) atoms. The van der Waals surface area contributed by atoms with Crippen LogP contribution in [0.25, 0.3) is 11.3 Å². The van der Waals surface area contributed by atoms with Crippen molar-refractivity contribution in [1.82, 2.24) is 4.98 Å². The van der Waals surface area contributed by atoms with E-state index in [4.69, 9.17) is 0 Å². The molecular formula is C24H31F2N. The van der Waals surface area contributed by atoms with E-state index in [0.717, 1.165) is 26.2 Å². The van der Waals surface area contributed by atoms with Gasteiger partial charge in [-0.3, -0.25) is 0 Å². The maximum Gasteiger partial charge on any atom is 0.287 e. The number of halogens is 2. The summed E-state index contributed by atoms with van der Waals surface area (Å²) in [6, 6.07) is 9.76. The highest BCUT2D eigenvalue weighted by molar-refractivity contribution is 5.68. The minimum Gasteiger partial charge on any atom is -0.246 e. The molecule has 146 valence electrons. The van der Waals surface area contributed by atoms with Crippen LogP contribution in [0.4, 0.5) is 8.78 Å². The third kappa shape index (κ3) is 4.75. The van der Waals surface area contributed by atoms with Gasteiger partial charge in [0.25, 0.3) is 5.92 Å². The molecule has 1 heterocycles. The molecule has 0 aromatic carbocycles. The molecule has 0 amide bonds. The van der Waals surface area contributed by atoms with Gasteiger partial charge in [-0.25, -0.2) is 4.98 Å². The molecule has 0 aromatic rings. The molecule has 3 heteroatoms. The Hall–Kier alpha value is -1.77. The Balaban J connectivity index is 1.84. The lowest BCUT2D eigenvalue weighted by atomic mass is 9.79. The molecule has 0 saturated heterocycles. The van der Waals surface area contributed by atoms with Gasteiger partial charge in [-0.1, -0.05) is 69.0 Å². The van der Waals surface area contributed by atoms with E-state index in [1.165, 1.54) is 43.2 Å². The molecule has 0 N–H and O–H groups in total. The summed E-state index contributed by atoms with van der Waals surface area (Å²) < 4.78 is 27.4. The van der Waals surface area contributed by atoms with E-state index in [1.807, 2.05) is 24.3 Å². The summed E-state index contributed by atoms with van der Waals surface area (Å²) in [6.07, 6.45) is 9.72. The Bertz CT molecular complexity index is 741. The molecule has 0 bridgehead atoms. The Morgan fingerprint density at radius 1 is 1.19 bits per heavy atom. The molecule has 1 atom stereocenters. The fourth-order valence-electron chi connectivity index (χ4n) is 4.42. The zero-order valence-corrected chi connectivity index (χ0v) is 16.6. The average molecular weight is 372 g/mol. The average Bonchev–Trinajstić information content (AvgIpc) is 2.60. The molecule has 0 radical (unpaired) electrons. The smallest absolute Gasteiger partial charge is 0.246 e. The van der Waals surface area contributed by atoms with Crippen molar-refractivity contribution in [3.8, 4) is 11.3 Å². The molecular weight excluding hydrogens is 340 g/mol. The fraction of sp³-hybridized carbons (Fsp3) is 0.542. The molecule has 0 spiro atoms. The number of rotatable bonds is 7. The molecule has 1 saturated carbocycles. The first-order valence-corrected chi connectivity index (χ1v) is 10.4. The molecule has 1 aliphatic heterocycles. The second-order valence-electron chi connectivity index (χ2n) is 8.19. The van der Waals surface area contributed by atoms with E-state index in [1.54, 1.807) is 0 Å². The van der Waals surface area contributed by atoms with Crippen molar-refractivity contribution in [2.24, 2.45) is 5.92 Å². The summed E-state index contributed by atoms with van der Waals surface area (Å²) in [7, 11) is 0. The Kier molecular flexibility index (Phi) is 6.29. The van der Waals surface area contributed by atoms with Gasteiger partial charge in [-0.2, -0.15) is 8.78 Å². The first kappa shape index (κ1) is 20.0. The van der Waals surface area contributed by atoms with Gasteiger partial charge in [0.2, 0.25) is 0 Å². The van der Waals surface area contributed by atoms with Gasteiger partial charge in [0, 0.05) is 12.5 Å². The SMILES string of the molecule is C=C(CC(CCC)c1cccc2nc(C(C)(F)F)c-2cc1)C1CCCCC1. The van der Waals surface area contributed by atoms with Gasteiger partial charge in [-0.05, 0) is 49.1 Å². The quantitative estimate of drug-likeness (QED) is 0.454. The maximum absolute atomic E-state index is 13.7. The van der Waals surface area contributed by atoms with Crippen molar-refractivity contribution < 1.29 is 8.78 Å². The normalized spacial score (nSPS) is 17.2. The predicted molar refractivity (Wildman–Crippen MR) is 108 cm³/mol. The van der Waals surface area contributed by atoms with E-state index < -0.39 is 5.92 Å². The molecule has 3 rings (SSSR count). The minimum atomic E-state index is -2.89. The van der Waals surface area contributed by atoms with Crippen LogP contribution < -0.4 is 0 Å². The van der Waals surface area contributed by atoms with Crippen LogP contribution >= 0.6 is 0 Å². The standard InChI is InChI=1S/C24H31F2N/c1-4-9-20(16-17(2)18-10-6-5-7-11-18)19-12-8-13-22-21(15-14-19)23(27-22)24(3,25)26/h8,12-15,18,20H,2,4-7,9-11,16H2,1,3H3. The van der Waals surface area contributed by atoms with Crippen LogP contribution in [0.2, 0.25) is 0 Å². The van der Waals surface area contributed by atoms with E-state index in [9.17, 15) is 8.78 Å². The highest BCUT2D eigenvalue weighted by Gasteiger charge is 2.34. The van der Waals surface area contributed by atoms with Gasteiger partial charge < -0.3 is 0 Å². The zero-order valence-electron chi connectivity index (χ0n) is 16.6. The third-order valence-electron chi connectivity index (χ3n) is 5.96. The van der Waals surface area contributed by atoms with Crippen molar-refractivity contribution in [2.75, 3.05) is 0 Å². The van der Waals surface area contributed by atoms with Crippen LogP contribution in [-0.2, 0) is 5.92 Å². The number of hydrogen-bond donors (Lipinski definition) is 0. The van der Waals surface area contributed by atoms with Gasteiger partial charge >= 0.3 is 0 Å². The van der Waals surface area contributed by atoms with Crippen molar-refractivity contribution in [3.05, 3.63) is 53.7 Å². The summed E-state index contributed by atoms with van der Waals surface area (Å²) in [6.45, 7) is 7.54. The molecule has 1 fully saturated rings. The predicted octanol–water partition coefficient (Wildman–Crippen LogP) is 7.71. The summed E-state index contributed by atoms with van der Waals surface area (Å²) in [5.41, 5.74) is 3.71. The monoisotopic (exact) mass is 371 g/mol. The number of fused-ring (bicyclic) bond motifs is 1. The lowest BCUT2D eigenvalue weighted by Gasteiger charge is -2.27. The van der Waals surface area contributed by atoms with Crippen LogP contribution in [0, 0.1) is 5.92 Å². The van der Waals surface area contributed by atoms with Crippen LogP contribution in [0.15, 0.2) is 42.5 Å². The number of hydrogen-bond acceptors (Lipinski definition) is 1. The van der Waals surface area contributed by atoms with Crippen LogP contribution in [0.5, 0.6) is 0 Å². The summed E-state index contributed by atoms with van der Waals surface area (Å²) in [5.74, 6) is -1.83. The Morgan fingerprint density at radius 3 is 2.59 bits per heavy atom. The third-order valence-corrected chi connectivity index (χ3v) is 5.96. The minimum absolute atomic E-state index is 0.0988. The lowest BCUT2D eigenvalue weighted by Crippen LogP contribution is -2.16. The molecule has 1 unspecified atom stereocenters. The van der Waals surface area contributed by atoms with Gasteiger partial charge in [0.05, 0.1) is 5.69 Å². The Morgan fingerprint density at radius 2 is 1.93 bits per heavy atom. The highest BCUT2D eigenvalue weighted by atomic mass is 19.3. The number of alkyl halides is 2. The topological polar surface area (TPSA) is 12.9 Å². The Labute approximate surface area is 162 Å². The number of allylic oxidation sites excluding steroid dienone is 1. The molecule has 3 aliphatic rings. The van der Waals surface area contributed by atoms with Crippen molar-refractivity contribution >= 4 is 0 Å². The largest absolute Gasteiger partial charge is 0.287 e. The second kappa shape index (κ2) is 8.50. The number of nitrogens with zero attached hydrogens (tertiary/aromatic N) is 1. The first-order valence-electron chi connectivity index (χ1n) is 10.4. The summed E-state index contributed by atoms with van der Waals surface area (Å²) >= 11 is 0. The molecule has 0 aromatic heterocycles. The van der Waals surface area contributed by atoms with E-state index in [0.29, 0.717) is 23.1 Å². The fourth-order valence-corrected chi connectivity index (χ4v) is 4.42. The maximum atomic E-state index is 13.7. The van der Waals surface area contributed by atoms with Crippen molar-refractivity contribution in [3.63, 3.8) is 0 Å². The second-order valence-corrected chi connectivity index (χ2v) is 8.19. The first-order chi connectivity index (χ1) is 12.9. The van der Waals surface area contributed by atoms with E-state index in [2.05, 4.69) is 24.6 Å². The van der Waals surface area contributed by atoms with Crippen LogP contribution in [0.1, 0.15) is 82.4 Å². The van der Waals surface area contributed by atoms with Crippen LogP contribution in [-0.4, -0.2) is 4.98 Å². The lowest BCUT2D eigenvalue weighted by molar-refractivity contribution is 0.0119. The van der Waals surface area contributed by atoms with Gasteiger partial charge in [0.1, 0.15) is 5.69 Å². The molecule has 2 aliphatic carbocycles. The molecule has 1 nitrogen and oxygen atoms in total. The number of aromatic nitrogens is 1. The van der Waals surface area contributed by atoms with Crippen LogP contribution in [0.3, 0.4) is 0 Å². The van der Waals surface area contributed by atoms with Gasteiger partial charge in [0.15, 0.2) is 0 Å². The summed E-state index contributed by atoms with van der Waals surface area (Å²) in [5, 5.41) is 0.